The summed E-state index contributed by atoms with van der Waals surface area (Å²) in [6, 6.07) is 11.7. The van der Waals surface area contributed by atoms with Gasteiger partial charge in [-0.3, -0.25) is 9.59 Å². The SMILES string of the molecule is BBc1ccc2c(c1)C(=O)C(=O)c1cc(BB)ccc1-2. The predicted molar refractivity (Wildman–Crippen MR) is 91.2 cm³/mol. The first-order valence-corrected chi connectivity index (χ1v) is 7.01. The Morgan fingerprint density at radius 3 is 1.40 bits per heavy atom. The van der Waals surface area contributed by atoms with Gasteiger partial charge in [0.2, 0.25) is 11.6 Å². The molecule has 0 amide bonds. The fraction of sp³-hybridized carbons (Fsp3) is 0. The molecule has 0 aliphatic heterocycles. The van der Waals surface area contributed by atoms with E-state index in [0.717, 1.165) is 36.4 Å². The molecule has 3 rings (SSSR count). The van der Waals surface area contributed by atoms with Crippen molar-refractivity contribution in [1.82, 2.24) is 0 Å². The van der Waals surface area contributed by atoms with E-state index < -0.39 is 0 Å². The Hall–Kier alpha value is -1.96. The molecule has 0 N–H and O–H groups in total. The highest BCUT2D eigenvalue weighted by Gasteiger charge is 2.30. The molecule has 0 spiro atoms. The first kappa shape index (κ1) is 13.0. The number of ketones is 2. The van der Waals surface area contributed by atoms with Crippen molar-refractivity contribution in [2.45, 2.75) is 0 Å². The van der Waals surface area contributed by atoms with Crippen LogP contribution in [0.3, 0.4) is 0 Å². The first-order valence-electron chi connectivity index (χ1n) is 7.01. The maximum atomic E-state index is 12.3. The zero-order chi connectivity index (χ0) is 14.3. The third-order valence-electron chi connectivity index (χ3n) is 3.97. The molecule has 0 bridgehead atoms. The van der Waals surface area contributed by atoms with Crippen LogP contribution in [0.25, 0.3) is 11.1 Å². The fourth-order valence-electron chi connectivity index (χ4n) is 2.71. The van der Waals surface area contributed by atoms with Crippen LogP contribution in [-0.4, -0.2) is 41.4 Å². The van der Waals surface area contributed by atoms with Crippen LogP contribution in [0.4, 0.5) is 0 Å². The molecule has 0 saturated heterocycles. The van der Waals surface area contributed by atoms with Crippen LogP contribution in [0.15, 0.2) is 36.4 Å². The van der Waals surface area contributed by atoms with Crippen molar-refractivity contribution < 1.29 is 9.59 Å². The molecule has 1 aliphatic carbocycles. The Balaban J connectivity index is 2.27. The number of carbonyl (C=O) groups excluding carboxylic acids is 2. The van der Waals surface area contributed by atoms with E-state index in [1.54, 1.807) is 0 Å². The number of hydrogen-bond acceptors (Lipinski definition) is 2. The largest absolute Gasteiger partial charge is 0.285 e. The average Bonchev–Trinajstić information content (AvgIpc) is 2.51. The van der Waals surface area contributed by atoms with Gasteiger partial charge in [-0.25, -0.2) is 0 Å². The number of benzene rings is 2. The van der Waals surface area contributed by atoms with Gasteiger partial charge in [0.1, 0.15) is 14.3 Å². The second kappa shape index (κ2) is 4.86. The number of hydrogen-bond donors (Lipinski definition) is 0. The van der Waals surface area contributed by atoms with E-state index in [9.17, 15) is 9.59 Å². The monoisotopic (exact) mass is 256 g/mol. The molecule has 0 fully saturated rings. The van der Waals surface area contributed by atoms with Crippen LogP contribution < -0.4 is 10.9 Å². The van der Waals surface area contributed by atoms with Crippen LogP contribution >= 0.6 is 0 Å². The summed E-state index contributed by atoms with van der Waals surface area (Å²) in [5.41, 5.74) is 5.02. The topological polar surface area (TPSA) is 34.1 Å². The molecule has 1 aliphatic rings. The van der Waals surface area contributed by atoms with Crippen LogP contribution in [0, 0.1) is 0 Å². The predicted octanol–water partition coefficient (Wildman–Crippen LogP) is -2.05. The van der Waals surface area contributed by atoms with Gasteiger partial charge in [0.25, 0.3) is 0 Å². The van der Waals surface area contributed by atoms with Gasteiger partial charge >= 0.3 is 0 Å². The highest BCUT2D eigenvalue weighted by Crippen LogP contribution is 2.32. The van der Waals surface area contributed by atoms with E-state index in [0.29, 0.717) is 11.1 Å². The molecule has 20 heavy (non-hydrogen) atoms. The quantitative estimate of drug-likeness (QED) is 0.457. The molecule has 0 radical (unpaired) electrons. The van der Waals surface area contributed by atoms with E-state index in [-0.39, 0.29) is 11.6 Å². The highest BCUT2D eigenvalue weighted by atomic mass is 16.2. The number of fused-ring (bicyclic) bond motifs is 3. The minimum atomic E-state index is -0.379. The zero-order valence-electron chi connectivity index (χ0n) is 11.7. The minimum absolute atomic E-state index is 0.379. The van der Waals surface area contributed by atoms with Crippen molar-refractivity contribution in [3.05, 3.63) is 47.5 Å². The van der Waals surface area contributed by atoms with E-state index in [1.165, 1.54) is 0 Å². The molecular weight excluding hydrogens is 243 g/mol. The van der Waals surface area contributed by atoms with E-state index in [2.05, 4.69) is 0 Å². The summed E-state index contributed by atoms with van der Waals surface area (Å²) in [6.07, 6.45) is 0. The van der Waals surface area contributed by atoms with Crippen LogP contribution in [0.2, 0.25) is 0 Å². The van der Waals surface area contributed by atoms with Gasteiger partial charge in [0.05, 0.1) is 15.5 Å². The Kier molecular flexibility index (Phi) is 3.17. The lowest BCUT2D eigenvalue weighted by Gasteiger charge is -2.19. The second-order valence-electron chi connectivity index (χ2n) is 5.13. The van der Waals surface area contributed by atoms with Crippen molar-refractivity contribution in [2.24, 2.45) is 0 Å². The highest BCUT2D eigenvalue weighted by molar-refractivity contribution is 6.98. The molecule has 2 aromatic carbocycles. The molecule has 2 nitrogen and oxygen atoms in total. The summed E-state index contributed by atoms with van der Waals surface area (Å²) in [5, 5.41) is 0. The lowest BCUT2D eigenvalue weighted by atomic mass is 9.50. The summed E-state index contributed by atoms with van der Waals surface area (Å²) in [6.45, 7) is 0. The normalized spacial score (nSPS) is 12.6. The van der Waals surface area contributed by atoms with Crippen LogP contribution in [-0.2, 0) is 0 Å². The van der Waals surface area contributed by atoms with Crippen molar-refractivity contribution in [3.63, 3.8) is 0 Å². The van der Waals surface area contributed by atoms with Crippen molar-refractivity contribution >= 4 is 52.3 Å². The van der Waals surface area contributed by atoms with E-state index in [4.69, 9.17) is 0 Å². The summed E-state index contributed by atoms with van der Waals surface area (Å²) in [7, 11) is 5.80. The van der Waals surface area contributed by atoms with E-state index in [1.807, 2.05) is 51.9 Å². The molecule has 0 heterocycles. The summed E-state index contributed by atoms with van der Waals surface area (Å²) in [4.78, 5) is 24.6. The Bertz CT molecular complexity index is 676. The van der Waals surface area contributed by atoms with Gasteiger partial charge in [-0.05, 0) is 11.1 Å². The fourth-order valence-corrected chi connectivity index (χ4v) is 2.71. The lowest BCUT2D eigenvalue weighted by Crippen LogP contribution is -2.27. The minimum Gasteiger partial charge on any atom is -0.285 e. The Morgan fingerprint density at radius 2 is 1.05 bits per heavy atom. The summed E-state index contributed by atoms with van der Waals surface area (Å²) < 4.78 is 0. The van der Waals surface area contributed by atoms with Gasteiger partial charge in [-0.15, -0.1) is 0 Å². The molecule has 0 aromatic heterocycles. The number of rotatable bonds is 2. The van der Waals surface area contributed by atoms with Gasteiger partial charge in [0, 0.05) is 11.1 Å². The van der Waals surface area contributed by atoms with E-state index >= 15 is 0 Å². The van der Waals surface area contributed by atoms with Gasteiger partial charge in [-0.2, -0.15) is 0 Å². The number of Topliss-reactive ketones (excluding diaryl/α,β-unsaturated/α-hetero) is 2. The zero-order valence-corrected chi connectivity index (χ0v) is 11.7. The van der Waals surface area contributed by atoms with Gasteiger partial charge < -0.3 is 0 Å². The maximum Gasteiger partial charge on any atom is 0.234 e. The van der Waals surface area contributed by atoms with Crippen LogP contribution in [0.5, 0.6) is 0 Å². The first-order chi connectivity index (χ1) is 9.65. The number of carbonyl (C=O) groups is 2. The van der Waals surface area contributed by atoms with Crippen LogP contribution in [0.1, 0.15) is 20.7 Å². The Morgan fingerprint density at radius 1 is 0.650 bits per heavy atom. The molecule has 0 saturated carbocycles. The van der Waals surface area contributed by atoms with Crippen molar-refractivity contribution in [2.75, 3.05) is 0 Å². The smallest absolute Gasteiger partial charge is 0.234 e. The molecular formula is C14H12B4O2. The maximum absolute atomic E-state index is 12.3. The van der Waals surface area contributed by atoms with Crippen molar-refractivity contribution in [3.8, 4) is 11.1 Å². The third-order valence-corrected chi connectivity index (χ3v) is 3.97. The van der Waals surface area contributed by atoms with Gasteiger partial charge in [-0.1, -0.05) is 47.3 Å². The lowest BCUT2D eigenvalue weighted by molar-refractivity contribution is 0.0815. The molecule has 92 valence electrons. The molecule has 0 atom stereocenters. The van der Waals surface area contributed by atoms with Gasteiger partial charge in [0.15, 0.2) is 0 Å². The Labute approximate surface area is 121 Å². The average molecular weight is 255 g/mol. The second-order valence-corrected chi connectivity index (χ2v) is 5.13. The van der Waals surface area contributed by atoms with Crippen molar-refractivity contribution in [1.29, 1.82) is 0 Å². The molecule has 2 aromatic rings. The molecule has 6 heteroatoms. The molecule has 0 unspecified atom stereocenters. The third kappa shape index (κ3) is 1.87. The summed E-state index contributed by atoms with van der Waals surface area (Å²) >= 11 is 0. The standard InChI is InChI=1S/C14H12B4O2/c15-17-7-1-3-9-10-4-2-8(18-16)6-12(10)14(20)13(19)11(9)5-7/h1-6,17-18H,15-16H2. The summed E-state index contributed by atoms with van der Waals surface area (Å²) in [5.74, 6) is -0.757.